The highest BCUT2D eigenvalue weighted by atomic mass is 16.2. The van der Waals surface area contributed by atoms with Gasteiger partial charge in [-0.05, 0) is 32.2 Å². The van der Waals surface area contributed by atoms with E-state index in [4.69, 9.17) is 5.26 Å². The number of nitriles is 1. The Morgan fingerprint density at radius 3 is 2.75 bits per heavy atom. The maximum Gasteiger partial charge on any atom is 0.241 e. The molecule has 0 aromatic heterocycles. The number of hydrogen-bond donors (Lipinski definition) is 2. The fourth-order valence-electron chi connectivity index (χ4n) is 1.56. The molecule has 6 heteroatoms. The zero-order valence-electron chi connectivity index (χ0n) is 11.8. The van der Waals surface area contributed by atoms with Crippen molar-refractivity contribution < 1.29 is 9.59 Å². The summed E-state index contributed by atoms with van der Waals surface area (Å²) in [6, 6.07) is 8.23. The highest BCUT2D eigenvalue weighted by Crippen LogP contribution is 2.10. The molecule has 1 rings (SSSR count). The van der Waals surface area contributed by atoms with Crippen molar-refractivity contribution in [3.8, 4) is 6.07 Å². The van der Waals surface area contributed by atoms with Gasteiger partial charge < -0.3 is 10.6 Å². The predicted molar refractivity (Wildman–Crippen MR) is 75.9 cm³/mol. The molecule has 0 aliphatic carbocycles. The molecule has 0 saturated heterocycles. The van der Waals surface area contributed by atoms with Crippen LogP contribution >= 0.6 is 0 Å². The molecule has 0 aliphatic heterocycles. The van der Waals surface area contributed by atoms with Gasteiger partial charge >= 0.3 is 0 Å². The SMILES string of the molecule is CNC(=O)CN(C)C(C)C(=O)Nc1cccc(C#N)c1. The minimum Gasteiger partial charge on any atom is -0.358 e. The maximum atomic E-state index is 12.1. The van der Waals surface area contributed by atoms with Crippen LogP contribution in [0.15, 0.2) is 24.3 Å². The van der Waals surface area contributed by atoms with Crippen molar-refractivity contribution in [1.29, 1.82) is 5.26 Å². The van der Waals surface area contributed by atoms with Crippen LogP contribution in [0.4, 0.5) is 5.69 Å². The zero-order chi connectivity index (χ0) is 15.1. The summed E-state index contributed by atoms with van der Waals surface area (Å²) in [6.45, 7) is 1.86. The highest BCUT2D eigenvalue weighted by Gasteiger charge is 2.19. The quantitative estimate of drug-likeness (QED) is 0.821. The van der Waals surface area contributed by atoms with Crippen LogP contribution < -0.4 is 10.6 Å². The first kappa shape index (κ1) is 15.7. The summed E-state index contributed by atoms with van der Waals surface area (Å²) in [5.74, 6) is -0.384. The predicted octanol–water partition coefficient (Wildman–Crippen LogP) is 0.563. The second kappa shape index (κ2) is 7.26. The summed E-state index contributed by atoms with van der Waals surface area (Å²) < 4.78 is 0. The van der Waals surface area contributed by atoms with E-state index in [9.17, 15) is 9.59 Å². The first-order valence-electron chi connectivity index (χ1n) is 6.19. The Labute approximate surface area is 118 Å². The van der Waals surface area contributed by atoms with Crippen LogP contribution in [0.1, 0.15) is 12.5 Å². The van der Waals surface area contributed by atoms with E-state index in [2.05, 4.69) is 10.6 Å². The first-order valence-corrected chi connectivity index (χ1v) is 6.19. The topological polar surface area (TPSA) is 85.2 Å². The van der Waals surface area contributed by atoms with E-state index in [0.29, 0.717) is 11.3 Å². The maximum absolute atomic E-state index is 12.1. The standard InChI is InChI=1S/C14H18N4O2/c1-10(18(3)9-13(19)16-2)14(20)17-12-6-4-5-11(7-12)8-15/h4-7,10H,9H2,1-3H3,(H,16,19)(H,17,20). The number of carbonyl (C=O) groups is 2. The third-order valence-electron chi connectivity index (χ3n) is 2.97. The van der Waals surface area contributed by atoms with Crippen molar-refractivity contribution in [2.24, 2.45) is 0 Å². The Hall–Kier alpha value is -2.39. The molecular formula is C14H18N4O2. The fourth-order valence-corrected chi connectivity index (χ4v) is 1.56. The van der Waals surface area contributed by atoms with Gasteiger partial charge in [0.15, 0.2) is 0 Å². The minimum absolute atomic E-state index is 0.142. The average Bonchev–Trinajstić information content (AvgIpc) is 2.46. The van der Waals surface area contributed by atoms with E-state index < -0.39 is 6.04 Å². The van der Waals surface area contributed by atoms with E-state index in [-0.39, 0.29) is 18.4 Å². The molecule has 20 heavy (non-hydrogen) atoms. The number of amides is 2. The monoisotopic (exact) mass is 274 g/mol. The van der Waals surface area contributed by atoms with E-state index in [0.717, 1.165) is 0 Å². The van der Waals surface area contributed by atoms with Crippen molar-refractivity contribution in [2.75, 3.05) is 26.0 Å². The Kier molecular flexibility index (Phi) is 5.69. The van der Waals surface area contributed by atoms with Gasteiger partial charge in [-0.1, -0.05) is 6.07 Å². The molecule has 106 valence electrons. The Morgan fingerprint density at radius 2 is 2.15 bits per heavy atom. The molecule has 0 saturated carbocycles. The van der Waals surface area contributed by atoms with Crippen molar-refractivity contribution in [3.05, 3.63) is 29.8 Å². The normalized spacial score (nSPS) is 11.6. The lowest BCUT2D eigenvalue weighted by molar-refractivity contribution is -0.124. The smallest absolute Gasteiger partial charge is 0.241 e. The summed E-state index contributed by atoms with van der Waals surface area (Å²) in [6.07, 6.45) is 0. The van der Waals surface area contributed by atoms with Crippen LogP contribution in [0, 0.1) is 11.3 Å². The molecule has 0 radical (unpaired) electrons. The van der Waals surface area contributed by atoms with Crippen molar-refractivity contribution in [2.45, 2.75) is 13.0 Å². The second-order valence-corrected chi connectivity index (χ2v) is 4.45. The minimum atomic E-state index is -0.460. The van der Waals surface area contributed by atoms with Gasteiger partial charge in [-0.25, -0.2) is 0 Å². The third-order valence-corrected chi connectivity index (χ3v) is 2.97. The third kappa shape index (κ3) is 4.37. The van der Waals surface area contributed by atoms with Gasteiger partial charge in [0.2, 0.25) is 11.8 Å². The summed E-state index contributed by atoms with van der Waals surface area (Å²) >= 11 is 0. The molecule has 6 nitrogen and oxygen atoms in total. The molecule has 2 amide bonds. The first-order chi connectivity index (χ1) is 9.47. The van der Waals surface area contributed by atoms with Crippen LogP contribution in [0.5, 0.6) is 0 Å². The van der Waals surface area contributed by atoms with Gasteiger partial charge in [0.05, 0.1) is 24.2 Å². The van der Waals surface area contributed by atoms with E-state index in [1.165, 1.54) is 0 Å². The molecule has 2 N–H and O–H groups in total. The van der Waals surface area contributed by atoms with Gasteiger partial charge in [-0.15, -0.1) is 0 Å². The van der Waals surface area contributed by atoms with Gasteiger partial charge in [0.1, 0.15) is 0 Å². The van der Waals surface area contributed by atoms with Crippen molar-refractivity contribution >= 4 is 17.5 Å². The fraction of sp³-hybridized carbons (Fsp3) is 0.357. The molecule has 1 aromatic rings. The lowest BCUT2D eigenvalue weighted by Crippen LogP contribution is -2.44. The summed E-state index contributed by atoms with van der Waals surface area (Å²) in [7, 11) is 3.25. The molecule has 1 atom stereocenters. The molecule has 0 heterocycles. The van der Waals surface area contributed by atoms with Crippen LogP contribution in [-0.2, 0) is 9.59 Å². The van der Waals surface area contributed by atoms with E-state index in [1.807, 2.05) is 6.07 Å². The lowest BCUT2D eigenvalue weighted by atomic mass is 10.2. The van der Waals surface area contributed by atoms with Gasteiger partial charge in [0, 0.05) is 12.7 Å². The molecule has 0 fully saturated rings. The number of nitrogens with zero attached hydrogens (tertiary/aromatic N) is 2. The van der Waals surface area contributed by atoms with Crippen molar-refractivity contribution in [1.82, 2.24) is 10.2 Å². The summed E-state index contributed by atoms with van der Waals surface area (Å²) in [4.78, 5) is 25.0. The Morgan fingerprint density at radius 1 is 1.45 bits per heavy atom. The van der Waals surface area contributed by atoms with Crippen LogP contribution in [-0.4, -0.2) is 43.4 Å². The van der Waals surface area contributed by atoms with Crippen LogP contribution in [0.3, 0.4) is 0 Å². The number of anilines is 1. The summed E-state index contributed by atoms with van der Waals surface area (Å²) in [5, 5.41) is 14.0. The number of rotatable bonds is 5. The van der Waals surface area contributed by atoms with E-state index in [1.54, 1.807) is 50.2 Å². The molecule has 0 spiro atoms. The van der Waals surface area contributed by atoms with E-state index >= 15 is 0 Å². The number of hydrogen-bond acceptors (Lipinski definition) is 4. The van der Waals surface area contributed by atoms with Crippen molar-refractivity contribution in [3.63, 3.8) is 0 Å². The Bertz CT molecular complexity index is 536. The lowest BCUT2D eigenvalue weighted by Gasteiger charge is -2.22. The van der Waals surface area contributed by atoms with Gasteiger partial charge in [-0.2, -0.15) is 5.26 Å². The number of benzene rings is 1. The van der Waals surface area contributed by atoms with Gasteiger partial charge in [0.25, 0.3) is 0 Å². The molecule has 1 unspecified atom stereocenters. The molecular weight excluding hydrogens is 256 g/mol. The average molecular weight is 274 g/mol. The van der Waals surface area contributed by atoms with Gasteiger partial charge in [-0.3, -0.25) is 14.5 Å². The highest BCUT2D eigenvalue weighted by molar-refractivity contribution is 5.95. The number of likely N-dealkylation sites (N-methyl/N-ethyl adjacent to an activating group) is 2. The van der Waals surface area contributed by atoms with Crippen LogP contribution in [0.25, 0.3) is 0 Å². The van der Waals surface area contributed by atoms with Crippen LogP contribution in [0.2, 0.25) is 0 Å². The number of nitrogens with one attached hydrogen (secondary N) is 2. The molecule has 1 aromatic carbocycles. The number of carbonyl (C=O) groups excluding carboxylic acids is 2. The summed E-state index contributed by atoms with van der Waals surface area (Å²) in [5.41, 5.74) is 1.04. The zero-order valence-corrected chi connectivity index (χ0v) is 11.8. The molecule has 0 bridgehead atoms. The molecule has 0 aliphatic rings. The largest absolute Gasteiger partial charge is 0.358 e. The Balaban J connectivity index is 2.65. The second-order valence-electron chi connectivity index (χ2n) is 4.45.